The molecule has 2 N–H and O–H groups in total. The van der Waals surface area contributed by atoms with Crippen molar-refractivity contribution in [3.05, 3.63) is 39.9 Å². The SMILES string of the molecule is O=C(/C=C/c1cc(Cl)cc(Cl)c1)N[C@H]1CCCC[C@@H]1O. The molecular weight excluding hydrogens is 297 g/mol. The zero-order valence-electron chi connectivity index (χ0n) is 11.0. The molecule has 1 aliphatic carbocycles. The van der Waals surface area contributed by atoms with Gasteiger partial charge < -0.3 is 10.4 Å². The minimum absolute atomic E-state index is 0.149. The number of hydrogen-bond donors (Lipinski definition) is 2. The van der Waals surface area contributed by atoms with Gasteiger partial charge in [-0.3, -0.25) is 4.79 Å². The molecule has 1 amide bonds. The van der Waals surface area contributed by atoms with Crippen LogP contribution in [0.5, 0.6) is 0 Å². The first kappa shape index (κ1) is 15.4. The molecule has 1 aromatic carbocycles. The Morgan fingerprint density at radius 1 is 1.20 bits per heavy atom. The molecule has 1 aromatic rings. The predicted octanol–water partition coefficient (Wildman–Crippen LogP) is 3.43. The summed E-state index contributed by atoms with van der Waals surface area (Å²) in [7, 11) is 0. The summed E-state index contributed by atoms with van der Waals surface area (Å²) in [6.07, 6.45) is 6.27. The molecule has 0 radical (unpaired) electrons. The first-order chi connectivity index (χ1) is 9.54. The number of carbonyl (C=O) groups is 1. The van der Waals surface area contributed by atoms with Gasteiger partial charge in [0, 0.05) is 16.1 Å². The van der Waals surface area contributed by atoms with Gasteiger partial charge in [-0.15, -0.1) is 0 Å². The Morgan fingerprint density at radius 2 is 1.85 bits per heavy atom. The molecule has 1 saturated carbocycles. The molecule has 0 aliphatic heterocycles. The van der Waals surface area contributed by atoms with Crippen LogP contribution in [0.2, 0.25) is 10.0 Å². The number of nitrogens with one attached hydrogen (secondary N) is 1. The molecule has 0 aromatic heterocycles. The van der Waals surface area contributed by atoms with E-state index in [1.54, 1.807) is 24.3 Å². The summed E-state index contributed by atoms with van der Waals surface area (Å²) in [5.74, 6) is -0.216. The van der Waals surface area contributed by atoms with E-state index in [1.165, 1.54) is 6.08 Å². The van der Waals surface area contributed by atoms with E-state index in [2.05, 4.69) is 5.32 Å². The average Bonchev–Trinajstić information content (AvgIpc) is 2.38. The summed E-state index contributed by atoms with van der Waals surface area (Å²) >= 11 is 11.8. The highest BCUT2D eigenvalue weighted by Gasteiger charge is 2.23. The highest BCUT2D eigenvalue weighted by Crippen LogP contribution is 2.20. The maximum absolute atomic E-state index is 11.8. The van der Waals surface area contributed by atoms with Crippen LogP contribution >= 0.6 is 23.2 Å². The van der Waals surface area contributed by atoms with Gasteiger partial charge in [0.15, 0.2) is 0 Å². The number of benzene rings is 1. The number of halogens is 2. The molecule has 2 atom stereocenters. The zero-order valence-corrected chi connectivity index (χ0v) is 12.5. The number of rotatable bonds is 3. The number of aliphatic hydroxyl groups excluding tert-OH is 1. The highest BCUT2D eigenvalue weighted by atomic mass is 35.5. The second-order valence-corrected chi connectivity index (χ2v) is 5.88. The highest BCUT2D eigenvalue weighted by molar-refractivity contribution is 6.34. The minimum Gasteiger partial charge on any atom is -0.391 e. The molecule has 0 heterocycles. The Kier molecular flexibility index (Phi) is 5.46. The first-order valence-corrected chi connectivity index (χ1v) is 7.43. The molecule has 1 fully saturated rings. The average molecular weight is 314 g/mol. The molecule has 2 rings (SSSR count). The fraction of sp³-hybridized carbons (Fsp3) is 0.400. The molecule has 5 heteroatoms. The van der Waals surface area contributed by atoms with Crippen molar-refractivity contribution >= 4 is 35.2 Å². The van der Waals surface area contributed by atoms with Gasteiger partial charge in [0.05, 0.1) is 12.1 Å². The summed E-state index contributed by atoms with van der Waals surface area (Å²) in [5.41, 5.74) is 0.766. The van der Waals surface area contributed by atoms with Crippen molar-refractivity contribution in [1.82, 2.24) is 5.32 Å². The van der Waals surface area contributed by atoms with E-state index in [-0.39, 0.29) is 11.9 Å². The van der Waals surface area contributed by atoms with Gasteiger partial charge in [-0.25, -0.2) is 0 Å². The molecule has 108 valence electrons. The second-order valence-electron chi connectivity index (χ2n) is 5.00. The molecule has 0 bridgehead atoms. The van der Waals surface area contributed by atoms with Crippen LogP contribution in [0.4, 0.5) is 0 Å². The third-order valence-corrected chi connectivity index (χ3v) is 3.81. The lowest BCUT2D eigenvalue weighted by Gasteiger charge is -2.27. The van der Waals surface area contributed by atoms with Crippen LogP contribution < -0.4 is 5.32 Å². The van der Waals surface area contributed by atoms with Gasteiger partial charge in [0.2, 0.25) is 5.91 Å². The first-order valence-electron chi connectivity index (χ1n) is 6.67. The zero-order chi connectivity index (χ0) is 14.5. The van der Waals surface area contributed by atoms with Crippen LogP contribution in [0.3, 0.4) is 0 Å². The van der Waals surface area contributed by atoms with Gasteiger partial charge in [-0.2, -0.15) is 0 Å². The number of carbonyl (C=O) groups excluding carboxylic acids is 1. The summed E-state index contributed by atoms with van der Waals surface area (Å²) in [6.45, 7) is 0. The van der Waals surface area contributed by atoms with E-state index in [0.29, 0.717) is 10.0 Å². The largest absolute Gasteiger partial charge is 0.391 e. The third-order valence-electron chi connectivity index (χ3n) is 3.37. The molecule has 0 spiro atoms. The number of hydrogen-bond acceptors (Lipinski definition) is 2. The van der Waals surface area contributed by atoms with Crippen LogP contribution in [0.25, 0.3) is 6.08 Å². The van der Waals surface area contributed by atoms with Gasteiger partial charge in [0.1, 0.15) is 0 Å². The Bertz CT molecular complexity index is 496. The molecule has 1 aliphatic rings. The van der Waals surface area contributed by atoms with Crippen molar-refractivity contribution in [2.24, 2.45) is 0 Å². The standard InChI is InChI=1S/C15H17Cl2NO2/c16-11-7-10(8-12(17)9-11)5-6-15(20)18-13-3-1-2-4-14(13)19/h5-9,13-14,19H,1-4H2,(H,18,20)/b6-5+/t13-,14-/m0/s1. The fourth-order valence-corrected chi connectivity index (χ4v) is 2.90. The maximum atomic E-state index is 11.8. The van der Waals surface area contributed by atoms with Crippen LogP contribution in [-0.2, 0) is 4.79 Å². The topological polar surface area (TPSA) is 49.3 Å². The lowest BCUT2D eigenvalue weighted by molar-refractivity contribution is -0.118. The predicted molar refractivity (Wildman–Crippen MR) is 81.9 cm³/mol. The van der Waals surface area contributed by atoms with Crippen molar-refractivity contribution in [2.45, 2.75) is 37.8 Å². The summed E-state index contributed by atoms with van der Waals surface area (Å²) in [4.78, 5) is 11.8. The normalized spacial score (nSPS) is 22.9. The van der Waals surface area contributed by atoms with E-state index in [0.717, 1.165) is 31.2 Å². The van der Waals surface area contributed by atoms with Gasteiger partial charge >= 0.3 is 0 Å². The van der Waals surface area contributed by atoms with Crippen LogP contribution in [0, 0.1) is 0 Å². The molecule has 20 heavy (non-hydrogen) atoms. The fourth-order valence-electron chi connectivity index (χ4n) is 2.35. The maximum Gasteiger partial charge on any atom is 0.244 e. The van der Waals surface area contributed by atoms with Crippen molar-refractivity contribution in [2.75, 3.05) is 0 Å². The Morgan fingerprint density at radius 3 is 2.50 bits per heavy atom. The van der Waals surface area contributed by atoms with E-state index in [1.807, 2.05) is 0 Å². The van der Waals surface area contributed by atoms with E-state index in [9.17, 15) is 9.90 Å². The molecule has 0 saturated heterocycles. The second kappa shape index (κ2) is 7.11. The van der Waals surface area contributed by atoms with Crippen molar-refractivity contribution in [1.29, 1.82) is 0 Å². The van der Waals surface area contributed by atoms with Crippen LogP contribution in [0.1, 0.15) is 31.2 Å². The van der Waals surface area contributed by atoms with Gasteiger partial charge in [0.25, 0.3) is 0 Å². The van der Waals surface area contributed by atoms with E-state index >= 15 is 0 Å². The van der Waals surface area contributed by atoms with E-state index in [4.69, 9.17) is 23.2 Å². The van der Waals surface area contributed by atoms with E-state index < -0.39 is 6.10 Å². The number of amides is 1. The Balaban J connectivity index is 1.94. The smallest absolute Gasteiger partial charge is 0.244 e. The monoisotopic (exact) mass is 313 g/mol. The summed E-state index contributed by atoms with van der Waals surface area (Å²) in [5, 5.41) is 13.7. The Hall–Kier alpha value is -1.03. The summed E-state index contributed by atoms with van der Waals surface area (Å²) < 4.78 is 0. The quantitative estimate of drug-likeness (QED) is 0.840. The van der Waals surface area contributed by atoms with Crippen LogP contribution in [0.15, 0.2) is 24.3 Å². The summed E-state index contributed by atoms with van der Waals surface area (Å²) in [6, 6.07) is 4.95. The van der Waals surface area contributed by atoms with Crippen LogP contribution in [-0.4, -0.2) is 23.2 Å². The van der Waals surface area contributed by atoms with Crippen molar-refractivity contribution < 1.29 is 9.90 Å². The molecule has 3 nitrogen and oxygen atoms in total. The lowest BCUT2D eigenvalue weighted by Crippen LogP contribution is -2.44. The van der Waals surface area contributed by atoms with Crippen molar-refractivity contribution in [3.63, 3.8) is 0 Å². The Labute approximate surface area is 128 Å². The van der Waals surface area contributed by atoms with Crippen molar-refractivity contribution in [3.8, 4) is 0 Å². The minimum atomic E-state index is -0.443. The lowest BCUT2D eigenvalue weighted by atomic mass is 9.92. The van der Waals surface area contributed by atoms with Gasteiger partial charge in [-0.05, 0) is 42.7 Å². The molecule has 0 unspecified atom stereocenters. The van der Waals surface area contributed by atoms with Gasteiger partial charge in [-0.1, -0.05) is 36.0 Å². The number of aliphatic hydroxyl groups is 1. The third kappa shape index (κ3) is 4.51. The molecular formula is C15H17Cl2NO2.